The molecule has 4 heteroatoms. The van der Waals surface area contributed by atoms with Gasteiger partial charge in [0.15, 0.2) is 0 Å². The molecule has 1 saturated heterocycles. The van der Waals surface area contributed by atoms with E-state index in [1.807, 2.05) is 0 Å². The Hall–Kier alpha value is -0.610. The first-order valence-electron chi connectivity index (χ1n) is 6.42. The van der Waals surface area contributed by atoms with E-state index in [1.54, 1.807) is 0 Å². The molecule has 0 atom stereocenters. The van der Waals surface area contributed by atoms with Crippen LogP contribution in [0.3, 0.4) is 0 Å². The summed E-state index contributed by atoms with van der Waals surface area (Å²) < 4.78 is 5.56. The van der Waals surface area contributed by atoms with Gasteiger partial charge in [-0.2, -0.15) is 0 Å². The minimum atomic E-state index is -0.782. The van der Waals surface area contributed by atoms with E-state index in [0.29, 0.717) is 12.0 Å². The van der Waals surface area contributed by atoms with Crippen molar-refractivity contribution < 1.29 is 14.6 Å². The molecule has 17 heavy (non-hydrogen) atoms. The summed E-state index contributed by atoms with van der Waals surface area (Å²) in [5.74, 6) is -0.782. The molecule has 0 aromatic rings. The quantitative estimate of drug-likeness (QED) is 0.802. The summed E-state index contributed by atoms with van der Waals surface area (Å²) in [5, 5.41) is 8.52. The molecule has 1 aliphatic rings. The highest BCUT2D eigenvalue weighted by atomic mass is 16.5. The van der Waals surface area contributed by atoms with Crippen LogP contribution >= 0.6 is 0 Å². The Labute approximate surface area is 104 Å². The number of aliphatic carboxylic acids is 1. The maximum absolute atomic E-state index is 10.4. The molecular formula is C13H25NO3. The minimum absolute atomic E-state index is 0.113. The molecule has 1 rings (SSSR count). The van der Waals surface area contributed by atoms with E-state index < -0.39 is 5.97 Å². The zero-order chi connectivity index (χ0) is 12.9. The Kier molecular flexibility index (Phi) is 5.40. The lowest BCUT2D eigenvalue weighted by Crippen LogP contribution is -2.41. The number of piperidine rings is 1. The van der Waals surface area contributed by atoms with Crippen molar-refractivity contribution in [2.24, 2.45) is 5.41 Å². The zero-order valence-electron chi connectivity index (χ0n) is 11.2. The molecule has 0 amide bonds. The van der Waals surface area contributed by atoms with Crippen LogP contribution in [-0.4, -0.2) is 48.3 Å². The maximum Gasteiger partial charge on any atom is 0.305 e. The number of carbonyl (C=O) groups is 1. The fourth-order valence-corrected chi connectivity index (χ4v) is 2.22. The fraction of sp³-hybridized carbons (Fsp3) is 0.923. The van der Waals surface area contributed by atoms with Gasteiger partial charge < -0.3 is 14.7 Å². The normalized spacial score (nSPS) is 19.5. The van der Waals surface area contributed by atoms with Gasteiger partial charge in [-0.05, 0) is 18.3 Å². The van der Waals surface area contributed by atoms with E-state index >= 15 is 0 Å². The third kappa shape index (κ3) is 6.64. The summed E-state index contributed by atoms with van der Waals surface area (Å²) in [6.45, 7) is 10.4. The number of carboxylic acid groups (broad SMARTS) is 1. The van der Waals surface area contributed by atoms with Crippen LogP contribution in [0.2, 0.25) is 0 Å². The van der Waals surface area contributed by atoms with E-state index in [1.165, 1.54) is 0 Å². The second-order valence-electron chi connectivity index (χ2n) is 6.05. The first-order valence-corrected chi connectivity index (χ1v) is 6.42. The molecule has 100 valence electrons. The Morgan fingerprint density at radius 2 is 1.94 bits per heavy atom. The highest BCUT2D eigenvalue weighted by molar-refractivity contribution is 5.66. The van der Waals surface area contributed by atoms with Gasteiger partial charge >= 0.3 is 5.97 Å². The van der Waals surface area contributed by atoms with Gasteiger partial charge in [0.2, 0.25) is 0 Å². The molecule has 0 aromatic heterocycles. The predicted octanol–water partition coefficient (Wildman–Crippen LogP) is 1.99. The molecule has 0 spiro atoms. The third-order valence-corrected chi connectivity index (χ3v) is 2.90. The van der Waals surface area contributed by atoms with Crippen molar-refractivity contribution in [1.29, 1.82) is 0 Å². The van der Waals surface area contributed by atoms with E-state index in [-0.39, 0.29) is 12.5 Å². The number of carboxylic acids is 1. The molecule has 1 heterocycles. The zero-order valence-corrected chi connectivity index (χ0v) is 11.2. The molecule has 0 aromatic carbocycles. The van der Waals surface area contributed by atoms with Crippen LogP contribution in [0.4, 0.5) is 0 Å². The molecular weight excluding hydrogens is 218 g/mol. The number of hydrogen-bond acceptors (Lipinski definition) is 3. The van der Waals surface area contributed by atoms with Crippen LogP contribution in [0.1, 0.15) is 40.0 Å². The Bertz CT molecular complexity index is 240. The van der Waals surface area contributed by atoms with Crippen LogP contribution < -0.4 is 0 Å². The highest BCUT2D eigenvalue weighted by Gasteiger charge is 2.23. The molecule has 4 nitrogen and oxygen atoms in total. The topological polar surface area (TPSA) is 49.8 Å². The van der Waals surface area contributed by atoms with Crippen molar-refractivity contribution in [1.82, 2.24) is 4.90 Å². The first-order chi connectivity index (χ1) is 7.87. The lowest BCUT2D eigenvalue weighted by Gasteiger charge is -2.35. The van der Waals surface area contributed by atoms with Crippen molar-refractivity contribution >= 4 is 5.97 Å². The number of ether oxygens (including phenoxy) is 1. The van der Waals surface area contributed by atoms with Gasteiger partial charge in [-0.25, -0.2) is 0 Å². The first kappa shape index (κ1) is 14.5. The summed E-state index contributed by atoms with van der Waals surface area (Å²) in [6, 6.07) is 0. The maximum atomic E-state index is 10.4. The lowest BCUT2D eigenvalue weighted by atomic mass is 9.94. The Balaban J connectivity index is 2.15. The van der Waals surface area contributed by atoms with Crippen LogP contribution in [-0.2, 0) is 9.53 Å². The molecule has 0 unspecified atom stereocenters. The van der Waals surface area contributed by atoms with Crippen LogP contribution in [0.15, 0.2) is 0 Å². The van der Waals surface area contributed by atoms with Gasteiger partial charge in [-0.3, -0.25) is 4.79 Å². The van der Waals surface area contributed by atoms with Gasteiger partial charge in [-0.15, -0.1) is 0 Å². The summed E-state index contributed by atoms with van der Waals surface area (Å²) in [6.07, 6.45) is 2.42. The van der Waals surface area contributed by atoms with Crippen molar-refractivity contribution in [2.45, 2.75) is 46.1 Å². The number of likely N-dealkylation sites (tertiary alicyclic amines) is 1. The second-order valence-corrected chi connectivity index (χ2v) is 6.05. The molecule has 1 aliphatic heterocycles. The molecule has 0 bridgehead atoms. The Morgan fingerprint density at radius 1 is 1.35 bits per heavy atom. The van der Waals surface area contributed by atoms with Crippen LogP contribution in [0.25, 0.3) is 0 Å². The summed E-state index contributed by atoms with van der Waals surface area (Å²) in [4.78, 5) is 12.8. The standard InChI is InChI=1S/C13H25NO3/c1-13(2,3)10-14-7-4-11(5-8-14)17-9-6-12(15)16/h11H,4-10H2,1-3H3,(H,15,16). The molecule has 0 saturated carbocycles. The highest BCUT2D eigenvalue weighted by Crippen LogP contribution is 2.20. The smallest absolute Gasteiger partial charge is 0.305 e. The molecule has 1 fully saturated rings. The van der Waals surface area contributed by atoms with Gasteiger partial charge in [-0.1, -0.05) is 20.8 Å². The summed E-state index contributed by atoms with van der Waals surface area (Å²) >= 11 is 0. The second kappa shape index (κ2) is 6.36. The average molecular weight is 243 g/mol. The summed E-state index contributed by atoms with van der Waals surface area (Å²) in [7, 11) is 0. The SMILES string of the molecule is CC(C)(C)CN1CCC(OCCC(=O)O)CC1. The van der Waals surface area contributed by atoms with Gasteiger partial charge in [0, 0.05) is 19.6 Å². The molecule has 1 N–H and O–H groups in total. The lowest BCUT2D eigenvalue weighted by molar-refractivity contribution is -0.138. The minimum Gasteiger partial charge on any atom is -0.481 e. The number of hydrogen-bond donors (Lipinski definition) is 1. The third-order valence-electron chi connectivity index (χ3n) is 2.90. The number of rotatable bonds is 5. The number of nitrogens with zero attached hydrogens (tertiary/aromatic N) is 1. The van der Waals surface area contributed by atoms with Gasteiger partial charge in [0.1, 0.15) is 0 Å². The van der Waals surface area contributed by atoms with Crippen molar-refractivity contribution in [3.8, 4) is 0 Å². The predicted molar refractivity (Wildman–Crippen MR) is 67.1 cm³/mol. The van der Waals surface area contributed by atoms with Crippen molar-refractivity contribution in [3.63, 3.8) is 0 Å². The van der Waals surface area contributed by atoms with Crippen molar-refractivity contribution in [3.05, 3.63) is 0 Å². The summed E-state index contributed by atoms with van der Waals surface area (Å²) in [5.41, 5.74) is 0.344. The largest absolute Gasteiger partial charge is 0.481 e. The fourth-order valence-electron chi connectivity index (χ4n) is 2.22. The van der Waals surface area contributed by atoms with Gasteiger partial charge in [0.05, 0.1) is 19.1 Å². The van der Waals surface area contributed by atoms with Gasteiger partial charge in [0.25, 0.3) is 0 Å². The van der Waals surface area contributed by atoms with E-state index in [9.17, 15) is 4.79 Å². The molecule has 0 aliphatic carbocycles. The van der Waals surface area contributed by atoms with E-state index in [4.69, 9.17) is 9.84 Å². The average Bonchev–Trinajstić information content (AvgIpc) is 2.18. The van der Waals surface area contributed by atoms with E-state index in [2.05, 4.69) is 25.7 Å². The van der Waals surface area contributed by atoms with Crippen LogP contribution in [0, 0.1) is 5.41 Å². The monoisotopic (exact) mass is 243 g/mol. The van der Waals surface area contributed by atoms with Crippen molar-refractivity contribution in [2.75, 3.05) is 26.2 Å². The van der Waals surface area contributed by atoms with E-state index in [0.717, 1.165) is 32.5 Å². The Morgan fingerprint density at radius 3 is 2.41 bits per heavy atom. The molecule has 0 radical (unpaired) electrons. The van der Waals surface area contributed by atoms with Crippen LogP contribution in [0.5, 0.6) is 0 Å².